The fourth-order valence-corrected chi connectivity index (χ4v) is 2.03. The van der Waals surface area contributed by atoms with Crippen molar-refractivity contribution in [1.29, 1.82) is 0 Å². The number of rotatable bonds is 8. The molecule has 0 saturated carbocycles. The van der Waals surface area contributed by atoms with Crippen molar-refractivity contribution in [3.05, 3.63) is 12.2 Å². The minimum absolute atomic E-state index is 0.0429. The molecule has 1 fully saturated rings. The van der Waals surface area contributed by atoms with Gasteiger partial charge in [-0.25, -0.2) is 0 Å². The van der Waals surface area contributed by atoms with Gasteiger partial charge in [-0.3, -0.25) is 0 Å². The van der Waals surface area contributed by atoms with Crippen LogP contribution in [0.15, 0.2) is 12.2 Å². The van der Waals surface area contributed by atoms with Gasteiger partial charge in [0.15, 0.2) is 6.29 Å². The smallest absolute Gasteiger partial charge is 0.158 e. The van der Waals surface area contributed by atoms with E-state index in [-0.39, 0.29) is 19.0 Å². The summed E-state index contributed by atoms with van der Waals surface area (Å²) in [5.41, 5.74) is 0. The van der Waals surface area contributed by atoms with Gasteiger partial charge >= 0.3 is 0 Å². The van der Waals surface area contributed by atoms with Crippen molar-refractivity contribution < 1.29 is 14.6 Å². The molecule has 0 bridgehead atoms. The van der Waals surface area contributed by atoms with Gasteiger partial charge in [0.2, 0.25) is 0 Å². The maximum Gasteiger partial charge on any atom is 0.158 e. The van der Waals surface area contributed by atoms with E-state index in [0.717, 1.165) is 25.9 Å². The van der Waals surface area contributed by atoms with Crippen LogP contribution in [0.5, 0.6) is 0 Å². The summed E-state index contributed by atoms with van der Waals surface area (Å²) in [4.78, 5) is 0. The highest BCUT2D eigenvalue weighted by Crippen LogP contribution is 2.18. The molecule has 1 heterocycles. The first-order valence-corrected chi connectivity index (χ1v) is 6.91. The Labute approximate surface area is 105 Å². The molecule has 3 nitrogen and oxygen atoms in total. The Bertz CT molecular complexity index is 198. The van der Waals surface area contributed by atoms with Gasteiger partial charge in [-0.15, -0.1) is 0 Å². The topological polar surface area (TPSA) is 38.7 Å². The van der Waals surface area contributed by atoms with Crippen LogP contribution >= 0.6 is 0 Å². The van der Waals surface area contributed by atoms with Gasteiger partial charge in [-0.1, -0.05) is 38.3 Å². The highest BCUT2D eigenvalue weighted by Gasteiger charge is 2.17. The lowest BCUT2D eigenvalue weighted by atomic mass is 10.1. The van der Waals surface area contributed by atoms with Crippen LogP contribution in [0, 0.1) is 0 Å². The molecule has 1 aliphatic rings. The summed E-state index contributed by atoms with van der Waals surface area (Å²) in [5, 5.41) is 8.82. The third-order valence-corrected chi connectivity index (χ3v) is 3.01. The minimum atomic E-state index is -0.0429. The van der Waals surface area contributed by atoms with Gasteiger partial charge in [0.05, 0.1) is 12.7 Å². The van der Waals surface area contributed by atoms with Crippen LogP contribution < -0.4 is 0 Å². The molecule has 1 saturated heterocycles. The van der Waals surface area contributed by atoms with Gasteiger partial charge in [-0.2, -0.15) is 0 Å². The Hall–Kier alpha value is -0.380. The first-order chi connectivity index (χ1) is 8.36. The monoisotopic (exact) mass is 242 g/mol. The maximum atomic E-state index is 8.82. The molecule has 1 N–H and O–H groups in total. The summed E-state index contributed by atoms with van der Waals surface area (Å²) < 4.78 is 11.5. The summed E-state index contributed by atoms with van der Waals surface area (Å²) in [5.74, 6) is 0. The first kappa shape index (κ1) is 14.7. The van der Waals surface area contributed by atoms with Crippen LogP contribution in [0.3, 0.4) is 0 Å². The average molecular weight is 242 g/mol. The SMILES string of the molecule is CCCCCC(C=CCO)OC1CCCCO1. The lowest BCUT2D eigenvalue weighted by Gasteiger charge is -2.26. The first-order valence-electron chi connectivity index (χ1n) is 6.91. The largest absolute Gasteiger partial charge is 0.392 e. The molecule has 2 unspecified atom stereocenters. The van der Waals surface area contributed by atoms with Gasteiger partial charge in [0.25, 0.3) is 0 Å². The molecule has 3 heteroatoms. The summed E-state index contributed by atoms with van der Waals surface area (Å²) in [6, 6.07) is 0. The average Bonchev–Trinajstić information content (AvgIpc) is 2.37. The van der Waals surface area contributed by atoms with E-state index in [9.17, 15) is 0 Å². The molecule has 0 spiro atoms. The van der Waals surface area contributed by atoms with Crippen LogP contribution in [0.2, 0.25) is 0 Å². The predicted molar refractivity (Wildman–Crippen MR) is 68.8 cm³/mol. The Morgan fingerprint density at radius 2 is 2.29 bits per heavy atom. The standard InChI is InChI=1S/C14H26O3/c1-2-3-4-8-13(9-7-11-15)17-14-10-5-6-12-16-14/h7,9,13-15H,2-6,8,10-12H2,1H3. The van der Waals surface area contributed by atoms with Crippen LogP contribution in [-0.2, 0) is 9.47 Å². The van der Waals surface area contributed by atoms with E-state index >= 15 is 0 Å². The van der Waals surface area contributed by atoms with E-state index in [0.29, 0.717) is 0 Å². The van der Waals surface area contributed by atoms with Crippen molar-refractivity contribution in [2.75, 3.05) is 13.2 Å². The summed E-state index contributed by atoms with van der Waals surface area (Å²) in [7, 11) is 0. The number of aliphatic hydroxyl groups excluding tert-OH is 1. The number of hydrogen-bond acceptors (Lipinski definition) is 3. The van der Waals surface area contributed by atoms with Crippen LogP contribution in [0.1, 0.15) is 51.9 Å². The number of hydrogen-bond donors (Lipinski definition) is 1. The Morgan fingerprint density at radius 3 is 2.94 bits per heavy atom. The second-order valence-electron chi connectivity index (χ2n) is 4.58. The Morgan fingerprint density at radius 1 is 1.41 bits per heavy atom. The van der Waals surface area contributed by atoms with E-state index in [1.54, 1.807) is 6.08 Å². The van der Waals surface area contributed by atoms with Crippen molar-refractivity contribution in [3.63, 3.8) is 0 Å². The zero-order valence-electron chi connectivity index (χ0n) is 10.9. The van der Waals surface area contributed by atoms with Crippen molar-refractivity contribution in [1.82, 2.24) is 0 Å². The highest BCUT2D eigenvalue weighted by atomic mass is 16.7. The fourth-order valence-electron chi connectivity index (χ4n) is 2.03. The summed E-state index contributed by atoms with van der Waals surface area (Å²) in [6.45, 7) is 3.10. The molecular weight excluding hydrogens is 216 g/mol. The zero-order chi connectivity index (χ0) is 12.3. The molecule has 1 aliphatic heterocycles. The van der Waals surface area contributed by atoms with Gasteiger partial charge < -0.3 is 14.6 Å². The van der Waals surface area contributed by atoms with Crippen LogP contribution in [0.4, 0.5) is 0 Å². The molecule has 100 valence electrons. The molecule has 0 aromatic carbocycles. The van der Waals surface area contributed by atoms with Gasteiger partial charge in [0.1, 0.15) is 0 Å². The normalized spacial score (nSPS) is 23.1. The third kappa shape index (κ3) is 6.81. The molecule has 0 aliphatic carbocycles. The molecular formula is C14H26O3. The quantitative estimate of drug-likeness (QED) is 0.525. The highest BCUT2D eigenvalue weighted by molar-refractivity contribution is 4.89. The van der Waals surface area contributed by atoms with Gasteiger partial charge in [-0.05, 0) is 25.7 Å². The molecule has 17 heavy (non-hydrogen) atoms. The number of unbranched alkanes of at least 4 members (excludes halogenated alkanes) is 2. The van der Waals surface area contributed by atoms with E-state index in [1.807, 2.05) is 6.08 Å². The second kappa shape index (κ2) is 9.63. The zero-order valence-corrected chi connectivity index (χ0v) is 10.9. The van der Waals surface area contributed by atoms with Crippen molar-refractivity contribution in [2.45, 2.75) is 64.3 Å². The van der Waals surface area contributed by atoms with Crippen LogP contribution in [0.25, 0.3) is 0 Å². The Balaban J connectivity index is 2.30. The lowest BCUT2D eigenvalue weighted by molar-refractivity contribution is -0.179. The van der Waals surface area contributed by atoms with E-state index in [2.05, 4.69) is 6.92 Å². The van der Waals surface area contributed by atoms with E-state index in [4.69, 9.17) is 14.6 Å². The number of aliphatic hydroxyl groups is 1. The van der Waals surface area contributed by atoms with Crippen molar-refractivity contribution >= 4 is 0 Å². The van der Waals surface area contributed by atoms with Crippen molar-refractivity contribution in [3.8, 4) is 0 Å². The fraction of sp³-hybridized carbons (Fsp3) is 0.857. The maximum absolute atomic E-state index is 8.82. The van der Waals surface area contributed by atoms with Gasteiger partial charge in [0, 0.05) is 6.61 Å². The van der Waals surface area contributed by atoms with E-state index in [1.165, 1.54) is 25.7 Å². The minimum Gasteiger partial charge on any atom is -0.392 e. The van der Waals surface area contributed by atoms with E-state index < -0.39 is 0 Å². The Kier molecular flexibility index (Phi) is 8.32. The van der Waals surface area contributed by atoms with Crippen LogP contribution in [-0.4, -0.2) is 30.7 Å². The lowest BCUT2D eigenvalue weighted by Crippen LogP contribution is -2.27. The molecule has 1 rings (SSSR count). The third-order valence-electron chi connectivity index (χ3n) is 3.01. The predicted octanol–water partition coefficient (Wildman–Crippen LogP) is 3.03. The second-order valence-corrected chi connectivity index (χ2v) is 4.58. The summed E-state index contributed by atoms with van der Waals surface area (Å²) >= 11 is 0. The molecule has 0 amide bonds. The molecule has 0 radical (unpaired) electrons. The van der Waals surface area contributed by atoms with Crippen molar-refractivity contribution in [2.24, 2.45) is 0 Å². The molecule has 0 aromatic rings. The summed E-state index contributed by atoms with van der Waals surface area (Å²) in [6.07, 6.45) is 11.8. The number of ether oxygens (including phenoxy) is 2. The molecule has 2 atom stereocenters. The molecule has 0 aromatic heterocycles.